The maximum atomic E-state index is 5.56. The Bertz CT molecular complexity index is 135. The van der Waals surface area contributed by atoms with Crippen LogP contribution in [0, 0.1) is 0 Å². The molecule has 6 heteroatoms. The summed E-state index contributed by atoms with van der Waals surface area (Å²) in [4.78, 5) is 0. The lowest BCUT2D eigenvalue weighted by Crippen LogP contribution is -2.48. The standard InChI is InChI=1S/C7H17B3O3/c1-4-7-10-12-8(5-2)11-9(6-3)13-10/h4-7H2,1-3H3. The van der Waals surface area contributed by atoms with Gasteiger partial charge in [0.1, 0.15) is 0 Å². The minimum absolute atomic E-state index is 0.0614. The molecule has 1 fully saturated rings. The Morgan fingerprint density at radius 1 is 0.769 bits per heavy atom. The van der Waals surface area contributed by atoms with Crippen molar-refractivity contribution in [3.8, 4) is 0 Å². The van der Waals surface area contributed by atoms with Gasteiger partial charge in [-0.3, -0.25) is 0 Å². The third-order valence-corrected chi connectivity index (χ3v) is 2.10. The molecule has 1 saturated heterocycles. The van der Waals surface area contributed by atoms with Gasteiger partial charge >= 0.3 is 21.4 Å². The topological polar surface area (TPSA) is 27.7 Å². The average molecular weight is 182 g/mol. The molecule has 0 unspecified atom stereocenters. The van der Waals surface area contributed by atoms with Crippen molar-refractivity contribution in [3.63, 3.8) is 0 Å². The second-order valence-electron chi connectivity index (χ2n) is 3.30. The summed E-state index contributed by atoms with van der Waals surface area (Å²) in [6, 6.07) is 0. The van der Waals surface area contributed by atoms with Crippen LogP contribution in [-0.2, 0) is 13.7 Å². The van der Waals surface area contributed by atoms with Crippen molar-refractivity contribution in [2.45, 2.75) is 46.2 Å². The molecule has 0 amide bonds. The maximum Gasteiger partial charge on any atom is 0.429 e. The van der Waals surface area contributed by atoms with E-state index in [-0.39, 0.29) is 21.4 Å². The Labute approximate surface area is 81.9 Å². The van der Waals surface area contributed by atoms with Crippen molar-refractivity contribution >= 4 is 21.4 Å². The molecule has 0 bridgehead atoms. The average Bonchev–Trinajstić information content (AvgIpc) is 2.17. The minimum atomic E-state index is -0.0738. The molecule has 0 N–H and O–H groups in total. The Balaban J connectivity index is 2.39. The lowest BCUT2D eigenvalue weighted by molar-refractivity contribution is 0.280. The summed E-state index contributed by atoms with van der Waals surface area (Å²) in [6.45, 7) is 6.25. The number of hydrogen-bond donors (Lipinski definition) is 0. The largest absolute Gasteiger partial charge is 0.453 e. The summed E-state index contributed by atoms with van der Waals surface area (Å²) >= 11 is 0. The van der Waals surface area contributed by atoms with Crippen molar-refractivity contribution in [2.24, 2.45) is 0 Å². The first-order chi connectivity index (χ1) is 6.30. The molecule has 13 heavy (non-hydrogen) atoms. The predicted molar refractivity (Wildman–Crippen MR) is 56.6 cm³/mol. The second-order valence-corrected chi connectivity index (χ2v) is 3.30. The molecule has 0 aromatic carbocycles. The zero-order valence-electron chi connectivity index (χ0n) is 8.79. The first-order valence-electron chi connectivity index (χ1n) is 5.26. The van der Waals surface area contributed by atoms with E-state index in [2.05, 4.69) is 20.8 Å². The third kappa shape index (κ3) is 3.37. The second kappa shape index (κ2) is 5.73. The molecule has 72 valence electrons. The highest BCUT2D eigenvalue weighted by atomic mass is 16.7. The van der Waals surface area contributed by atoms with Crippen LogP contribution in [0.15, 0.2) is 0 Å². The zero-order valence-corrected chi connectivity index (χ0v) is 8.79. The van der Waals surface area contributed by atoms with Gasteiger partial charge in [0.25, 0.3) is 0 Å². The first-order valence-corrected chi connectivity index (χ1v) is 5.26. The molecule has 1 aliphatic heterocycles. The molecule has 1 aliphatic rings. The van der Waals surface area contributed by atoms with Crippen molar-refractivity contribution in [3.05, 3.63) is 0 Å². The van der Waals surface area contributed by atoms with Crippen LogP contribution in [0.1, 0.15) is 27.2 Å². The molecule has 0 saturated carbocycles. The van der Waals surface area contributed by atoms with Crippen LogP contribution in [0.2, 0.25) is 19.0 Å². The molecule has 3 nitrogen and oxygen atoms in total. The zero-order chi connectivity index (χ0) is 9.68. The molecule has 0 atom stereocenters. The third-order valence-electron chi connectivity index (χ3n) is 2.10. The van der Waals surface area contributed by atoms with Gasteiger partial charge in [0.15, 0.2) is 0 Å². The summed E-state index contributed by atoms with van der Waals surface area (Å²) in [7, 11) is -0.209. The molecular formula is C7H17B3O3. The van der Waals surface area contributed by atoms with Crippen LogP contribution in [0.4, 0.5) is 0 Å². The van der Waals surface area contributed by atoms with Gasteiger partial charge in [0.2, 0.25) is 0 Å². The number of rotatable bonds is 4. The fourth-order valence-corrected chi connectivity index (χ4v) is 1.36. The van der Waals surface area contributed by atoms with Crippen LogP contribution >= 0.6 is 0 Å². The molecule has 1 rings (SSSR count). The van der Waals surface area contributed by atoms with E-state index in [0.717, 1.165) is 25.4 Å². The Hall–Kier alpha value is 0.0748. The van der Waals surface area contributed by atoms with Crippen molar-refractivity contribution in [2.75, 3.05) is 0 Å². The lowest BCUT2D eigenvalue weighted by atomic mass is 9.66. The van der Waals surface area contributed by atoms with E-state index < -0.39 is 0 Å². The van der Waals surface area contributed by atoms with Crippen molar-refractivity contribution < 1.29 is 13.7 Å². The Morgan fingerprint density at radius 3 is 1.62 bits per heavy atom. The van der Waals surface area contributed by atoms with E-state index in [1.54, 1.807) is 0 Å². The van der Waals surface area contributed by atoms with E-state index in [1.165, 1.54) is 0 Å². The predicted octanol–water partition coefficient (Wildman–Crippen LogP) is 1.96. The highest BCUT2D eigenvalue weighted by molar-refractivity contribution is 6.73. The Kier molecular flexibility index (Phi) is 4.92. The van der Waals surface area contributed by atoms with Gasteiger partial charge < -0.3 is 13.7 Å². The van der Waals surface area contributed by atoms with Crippen molar-refractivity contribution in [1.29, 1.82) is 0 Å². The van der Waals surface area contributed by atoms with Crippen LogP contribution in [-0.4, -0.2) is 21.4 Å². The molecule has 0 aromatic heterocycles. The molecule has 0 aromatic rings. The summed E-state index contributed by atoms with van der Waals surface area (Å²) in [6.07, 6.45) is 3.81. The summed E-state index contributed by atoms with van der Waals surface area (Å²) in [5, 5.41) is 0. The summed E-state index contributed by atoms with van der Waals surface area (Å²) in [5.74, 6) is 0. The van der Waals surface area contributed by atoms with E-state index in [9.17, 15) is 0 Å². The van der Waals surface area contributed by atoms with Crippen LogP contribution in [0.25, 0.3) is 0 Å². The fraction of sp³-hybridized carbons (Fsp3) is 1.00. The molecule has 0 radical (unpaired) electrons. The van der Waals surface area contributed by atoms with Crippen LogP contribution < -0.4 is 0 Å². The van der Waals surface area contributed by atoms with E-state index in [4.69, 9.17) is 13.7 Å². The van der Waals surface area contributed by atoms with Gasteiger partial charge in [-0.15, -0.1) is 0 Å². The highest BCUT2D eigenvalue weighted by Gasteiger charge is 2.37. The molecule has 1 heterocycles. The normalized spacial score (nSPS) is 18.2. The van der Waals surface area contributed by atoms with Gasteiger partial charge in [-0.05, 0) is 19.0 Å². The SMILES string of the molecule is CCCB1OB(CC)OB(CC)O1. The molecular weight excluding hydrogens is 165 g/mol. The highest BCUT2D eigenvalue weighted by Crippen LogP contribution is 2.16. The van der Waals surface area contributed by atoms with Crippen molar-refractivity contribution in [1.82, 2.24) is 0 Å². The smallest absolute Gasteiger partial charge is 0.429 e. The minimum Gasteiger partial charge on any atom is -0.453 e. The molecule has 0 spiro atoms. The van der Waals surface area contributed by atoms with Crippen LogP contribution in [0.5, 0.6) is 0 Å². The van der Waals surface area contributed by atoms with E-state index >= 15 is 0 Å². The van der Waals surface area contributed by atoms with Gasteiger partial charge in [-0.1, -0.05) is 27.2 Å². The van der Waals surface area contributed by atoms with Gasteiger partial charge in [-0.25, -0.2) is 0 Å². The summed E-state index contributed by atoms with van der Waals surface area (Å²) < 4.78 is 16.6. The van der Waals surface area contributed by atoms with Gasteiger partial charge in [0.05, 0.1) is 0 Å². The fourth-order valence-electron chi connectivity index (χ4n) is 1.36. The summed E-state index contributed by atoms with van der Waals surface area (Å²) in [5.41, 5.74) is 0. The maximum absolute atomic E-state index is 5.56. The quantitative estimate of drug-likeness (QED) is 0.621. The van der Waals surface area contributed by atoms with Crippen LogP contribution in [0.3, 0.4) is 0 Å². The van der Waals surface area contributed by atoms with E-state index in [1.807, 2.05) is 0 Å². The van der Waals surface area contributed by atoms with E-state index in [0.29, 0.717) is 0 Å². The monoisotopic (exact) mass is 182 g/mol. The molecule has 0 aliphatic carbocycles. The van der Waals surface area contributed by atoms with Gasteiger partial charge in [-0.2, -0.15) is 0 Å². The number of hydrogen-bond acceptors (Lipinski definition) is 3. The van der Waals surface area contributed by atoms with Gasteiger partial charge in [0, 0.05) is 0 Å². The lowest BCUT2D eigenvalue weighted by Gasteiger charge is -2.30. The first kappa shape index (κ1) is 11.2. The Morgan fingerprint density at radius 2 is 1.23 bits per heavy atom.